The van der Waals surface area contributed by atoms with E-state index >= 15 is 0 Å². The highest BCUT2D eigenvalue weighted by atomic mass is 32.1. The number of rotatable bonds is 7. The van der Waals surface area contributed by atoms with Crippen molar-refractivity contribution >= 4 is 40.5 Å². The zero-order valence-electron chi connectivity index (χ0n) is 20.9. The number of anilines is 2. The van der Waals surface area contributed by atoms with Gasteiger partial charge in [0, 0.05) is 22.5 Å². The van der Waals surface area contributed by atoms with Crippen molar-refractivity contribution in [3.63, 3.8) is 0 Å². The van der Waals surface area contributed by atoms with Crippen molar-refractivity contribution in [1.82, 2.24) is 4.98 Å². The first-order valence-electron chi connectivity index (χ1n) is 12.2. The number of aromatic nitrogens is 1. The van der Waals surface area contributed by atoms with Gasteiger partial charge >= 0.3 is 5.97 Å². The quantitative estimate of drug-likeness (QED) is 0.390. The van der Waals surface area contributed by atoms with Crippen LogP contribution >= 0.6 is 11.3 Å². The predicted octanol–water partition coefficient (Wildman–Crippen LogP) is 6.23. The van der Waals surface area contributed by atoms with Crippen LogP contribution in [0, 0.1) is 18.8 Å². The fourth-order valence-electron chi connectivity index (χ4n) is 4.64. The third-order valence-corrected chi connectivity index (χ3v) is 7.83. The molecule has 0 atom stereocenters. The molecular weight excluding hydrogens is 478 g/mol. The number of aryl methyl sites for hydroxylation is 1. The summed E-state index contributed by atoms with van der Waals surface area (Å²) in [5, 5.41) is 12.7. The van der Waals surface area contributed by atoms with Gasteiger partial charge in [-0.15, -0.1) is 11.3 Å². The Labute approximate surface area is 214 Å². The Hall–Kier alpha value is -3.46. The first kappa shape index (κ1) is 25.6. The smallest absolute Gasteiger partial charge is 0.348 e. The van der Waals surface area contributed by atoms with Gasteiger partial charge in [-0.2, -0.15) is 0 Å². The predicted molar refractivity (Wildman–Crippen MR) is 140 cm³/mol. The van der Waals surface area contributed by atoms with Gasteiger partial charge in [0.2, 0.25) is 11.7 Å². The van der Waals surface area contributed by atoms with E-state index in [0.29, 0.717) is 23.0 Å². The highest BCUT2D eigenvalue weighted by Crippen LogP contribution is 2.40. The van der Waals surface area contributed by atoms with E-state index in [-0.39, 0.29) is 28.5 Å². The number of amides is 2. The van der Waals surface area contributed by atoms with E-state index in [4.69, 9.17) is 4.42 Å². The molecule has 1 aromatic carbocycles. The molecule has 0 aliphatic heterocycles. The Morgan fingerprint density at radius 1 is 1.14 bits per heavy atom. The molecule has 1 fully saturated rings. The second-order valence-electron chi connectivity index (χ2n) is 9.69. The summed E-state index contributed by atoms with van der Waals surface area (Å²) in [6.45, 7) is 7.73. The second-order valence-corrected chi connectivity index (χ2v) is 10.7. The minimum atomic E-state index is -1.05. The fourth-order valence-corrected chi connectivity index (χ4v) is 5.63. The number of carboxylic acid groups (broad SMARTS) is 1. The molecule has 3 aromatic rings. The summed E-state index contributed by atoms with van der Waals surface area (Å²) in [6.07, 6.45) is 4.93. The molecule has 8 nitrogen and oxygen atoms in total. The summed E-state index contributed by atoms with van der Waals surface area (Å²) in [7, 11) is 0. The van der Waals surface area contributed by atoms with Crippen molar-refractivity contribution in [2.45, 2.75) is 59.4 Å². The van der Waals surface area contributed by atoms with Crippen LogP contribution in [0.1, 0.15) is 72.4 Å². The number of carbonyl (C=O) groups excluding carboxylic acids is 2. The number of carboxylic acids is 1. The number of nitrogens with zero attached hydrogens (tertiary/aromatic N) is 2. The summed E-state index contributed by atoms with van der Waals surface area (Å²) in [6, 6.07) is 8.74. The van der Waals surface area contributed by atoms with Gasteiger partial charge in [-0.05, 0) is 76.1 Å². The molecule has 0 saturated heterocycles. The maximum absolute atomic E-state index is 13.5. The molecule has 0 bridgehead atoms. The molecular formula is C27H31N3O5S. The van der Waals surface area contributed by atoms with E-state index in [0.717, 1.165) is 47.5 Å². The van der Waals surface area contributed by atoms with Crippen LogP contribution in [0.15, 0.2) is 41.1 Å². The highest BCUT2D eigenvalue weighted by molar-refractivity contribution is 7.18. The zero-order chi connectivity index (χ0) is 26.0. The van der Waals surface area contributed by atoms with E-state index in [1.54, 1.807) is 30.0 Å². The normalized spacial score (nSPS) is 17.7. The van der Waals surface area contributed by atoms with Gasteiger partial charge in [0.15, 0.2) is 6.39 Å². The number of oxazole rings is 1. The summed E-state index contributed by atoms with van der Waals surface area (Å²) < 4.78 is 5.13. The first-order chi connectivity index (χ1) is 17.2. The van der Waals surface area contributed by atoms with Crippen LogP contribution in [0.4, 0.5) is 11.4 Å². The number of hydrogen-bond donors (Lipinski definition) is 2. The minimum absolute atomic E-state index is 0.00418. The Bertz CT molecular complexity index is 1250. The molecule has 1 aliphatic rings. The summed E-state index contributed by atoms with van der Waals surface area (Å²) in [4.78, 5) is 44.5. The lowest BCUT2D eigenvalue weighted by molar-refractivity contribution is -0.123. The number of carbonyl (C=O) groups is 3. The highest BCUT2D eigenvalue weighted by Gasteiger charge is 2.33. The maximum Gasteiger partial charge on any atom is 0.348 e. The second kappa shape index (κ2) is 10.7. The molecule has 9 heteroatoms. The minimum Gasteiger partial charge on any atom is -0.477 e. The molecule has 2 N–H and O–H groups in total. The van der Waals surface area contributed by atoms with Gasteiger partial charge in [-0.3, -0.25) is 9.59 Å². The van der Waals surface area contributed by atoms with Crippen LogP contribution in [-0.4, -0.2) is 33.9 Å². The third kappa shape index (κ3) is 5.36. The summed E-state index contributed by atoms with van der Waals surface area (Å²) in [5.74, 6) is -0.750. The Balaban J connectivity index is 1.59. The third-order valence-electron chi connectivity index (χ3n) is 6.66. The largest absolute Gasteiger partial charge is 0.477 e. The van der Waals surface area contributed by atoms with E-state index < -0.39 is 11.9 Å². The van der Waals surface area contributed by atoms with Crippen LogP contribution < -0.4 is 10.2 Å². The van der Waals surface area contributed by atoms with Gasteiger partial charge < -0.3 is 19.7 Å². The molecule has 2 heterocycles. The monoisotopic (exact) mass is 509 g/mol. The topological polar surface area (TPSA) is 113 Å². The number of benzene rings is 1. The lowest BCUT2D eigenvalue weighted by Crippen LogP contribution is -2.42. The summed E-state index contributed by atoms with van der Waals surface area (Å²) in [5.41, 5.74) is 2.31. The molecule has 2 aromatic heterocycles. The number of hydrogen-bond acceptors (Lipinski definition) is 6. The summed E-state index contributed by atoms with van der Waals surface area (Å²) >= 11 is 1.15. The molecule has 2 amide bonds. The van der Waals surface area contributed by atoms with Crippen molar-refractivity contribution in [3.05, 3.63) is 53.1 Å². The van der Waals surface area contributed by atoms with Gasteiger partial charge in [0.1, 0.15) is 4.88 Å². The van der Waals surface area contributed by atoms with Crippen LogP contribution in [0.3, 0.4) is 0 Å². The molecule has 1 aliphatic carbocycles. The van der Waals surface area contributed by atoms with Gasteiger partial charge in [-0.1, -0.05) is 19.1 Å². The van der Waals surface area contributed by atoms with Crippen molar-refractivity contribution in [2.75, 3.05) is 10.2 Å². The van der Waals surface area contributed by atoms with E-state index in [1.807, 2.05) is 26.0 Å². The molecule has 0 unspecified atom stereocenters. The average molecular weight is 510 g/mol. The van der Waals surface area contributed by atoms with Crippen LogP contribution in [0.2, 0.25) is 0 Å². The van der Waals surface area contributed by atoms with E-state index in [1.165, 1.54) is 6.39 Å². The molecule has 36 heavy (non-hydrogen) atoms. The Morgan fingerprint density at radius 2 is 1.81 bits per heavy atom. The molecule has 0 radical (unpaired) electrons. The van der Waals surface area contributed by atoms with Crippen molar-refractivity contribution in [2.24, 2.45) is 11.8 Å². The van der Waals surface area contributed by atoms with Crippen LogP contribution in [-0.2, 0) is 4.79 Å². The van der Waals surface area contributed by atoms with Gasteiger partial charge in [0.05, 0.1) is 11.4 Å². The first-order valence-corrected chi connectivity index (χ1v) is 13.0. The van der Waals surface area contributed by atoms with Crippen LogP contribution in [0.5, 0.6) is 0 Å². The van der Waals surface area contributed by atoms with Crippen molar-refractivity contribution in [3.8, 4) is 10.4 Å². The number of nitrogens with one attached hydrogen (secondary N) is 1. The lowest BCUT2D eigenvalue weighted by atomic mass is 9.82. The maximum atomic E-state index is 13.5. The molecule has 0 spiro atoms. The van der Waals surface area contributed by atoms with Crippen molar-refractivity contribution in [1.29, 1.82) is 0 Å². The lowest BCUT2D eigenvalue weighted by Gasteiger charge is -2.33. The van der Waals surface area contributed by atoms with Crippen LogP contribution in [0.25, 0.3) is 10.4 Å². The Kier molecular flexibility index (Phi) is 7.59. The Morgan fingerprint density at radius 3 is 2.36 bits per heavy atom. The molecule has 4 rings (SSSR count). The average Bonchev–Trinajstić information content (AvgIpc) is 3.47. The van der Waals surface area contributed by atoms with E-state index in [9.17, 15) is 19.5 Å². The molecule has 190 valence electrons. The zero-order valence-corrected chi connectivity index (χ0v) is 21.7. The molecule has 1 saturated carbocycles. The van der Waals surface area contributed by atoms with Crippen molar-refractivity contribution < 1.29 is 23.9 Å². The number of aromatic carboxylic acids is 1. The fraction of sp³-hybridized carbons (Fsp3) is 0.407. The SMILES string of the molecule is Cc1ncoc1C(=O)Nc1ccc(-c2cc(N(C(=O)[C@H]3CC[C@H](C)CC3)C(C)C)c(C(=O)O)s2)cc1. The van der Waals surface area contributed by atoms with Gasteiger partial charge in [-0.25, -0.2) is 9.78 Å². The van der Waals surface area contributed by atoms with Gasteiger partial charge in [0.25, 0.3) is 5.91 Å². The standard InChI is InChI=1S/C27H31N3O5S/c1-15(2)30(26(32)19-7-5-16(3)6-8-19)21-13-22(36-24(21)27(33)34)18-9-11-20(12-10-18)29-25(31)23-17(4)28-14-35-23/h9-16,19H,5-8H2,1-4H3,(H,29,31)(H,33,34)/t16-,19-. The number of thiophene rings is 1. The van der Waals surface area contributed by atoms with E-state index in [2.05, 4.69) is 17.2 Å².